The summed E-state index contributed by atoms with van der Waals surface area (Å²) in [7, 11) is 0. The average molecular weight is 543 g/mol. The van der Waals surface area contributed by atoms with Crippen LogP contribution in [0.15, 0.2) is 70.8 Å². The van der Waals surface area contributed by atoms with Crippen molar-refractivity contribution >= 4 is 33.9 Å². The normalized spacial score (nSPS) is 14.4. The maximum absolute atomic E-state index is 14.0. The molecule has 1 aliphatic heterocycles. The van der Waals surface area contributed by atoms with Crippen LogP contribution in [0.4, 0.5) is 13.6 Å². The number of carbonyl (C=O) groups is 2. The van der Waals surface area contributed by atoms with Gasteiger partial charge in [-0.25, -0.2) is 13.6 Å². The van der Waals surface area contributed by atoms with Crippen molar-refractivity contribution in [3.05, 3.63) is 99.2 Å². The number of hydrogen-bond acceptors (Lipinski definition) is 4. The highest BCUT2D eigenvalue weighted by molar-refractivity contribution is 9.10. The minimum Gasteiger partial charge on any atom is -0.490 e. The van der Waals surface area contributed by atoms with Crippen LogP contribution in [0.3, 0.4) is 0 Å². The standard InChI is InChI=1S/C26H21BrF2N2O4/c1-2-34-23-13-17(11-20(27)24(23)35-15-18-5-3-4-6-21(18)29)12-22-25(32)31(26(33)30-22)14-16-7-9-19(28)10-8-16/h3-13H,2,14-15H2,1H3,(H,30,33)/b22-12+. The zero-order valence-electron chi connectivity index (χ0n) is 18.7. The molecule has 180 valence electrons. The van der Waals surface area contributed by atoms with Gasteiger partial charge in [-0.3, -0.25) is 9.69 Å². The lowest BCUT2D eigenvalue weighted by atomic mass is 10.1. The second kappa shape index (κ2) is 10.7. The molecule has 1 aliphatic rings. The van der Waals surface area contributed by atoms with Crippen LogP contribution in [0.25, 0.3) is 6.08 Å². The molecule has 0 radical (unpaired) electrons. The van der Waals surface area contributed by atoms with Crippen LogP contribution in [0.1, 0.15) is 23.6 Å². The molecule has 0 aromatic heterocycles. The van der Waals surface area contributed by atoms with Gasteiger partial charge in [-0.05, 0) is 70.4 Å². The van der Waals surface area contributed by atoms with Crippen molar-refractivity contribution in [1.29, 1.82) is 0 Å². The summed E-state index contributed by atoms with van der Waals surface area (Å²) in [6.45, 7) is 2.18. The fourth-order valence-corrected chi connectivity index (χ4v) is 4.07. The number of amides is 3. The third-order valence-electron chi connectivity index (χ3n) is 5.19. The number of hydrogen-bond donors (Lipinski definition) is 1. The molecule has 1 heterocycles. The Hall–Kier alpha value is -3.72. The Morgan fingerprint density at radius 3 is 2.49 bits per heavy atom. The Balaban J connectivity index is 1.55. The average Bonchev–Trinajstić information content (AvgIpc) is 3.08. The quantitative estimate of drug-likeness (QED) is 0.288. The van der Waals surface area contributed by atoms with Gasteiger partial charge in [-0.1, -0.05) is 30.3 Å². The van der Waals surface area contributed by atoms with Crippen LogP contribution in [0, 0.1) is 11.6 Å². The Morgan fingerprint density at radius 2 is 1.77 bits per heavy atom. The van der Waals surface area contributed by atoms with Gasteiger partial charge in [-0.15, -0.1) is 0 Å². The van der Waals surface area contributed by atoms with E-state index < -0.39 is 17.8 Å². The molecule has 0 aliphatic carbocycles. The molecule has 1 saturated heterocycles. The largest absolute Gasteiger partial charge is 0.490 e. The molecule has 4 rings (SSSR count). The van der Waals surface area contributed by atoms with Gasteiger partial charge >= 0.3 is 6.03 Å². The molecule has 0 unspecified atom stereocenters. The third kappa shape index (κ3) is 5.68. The van der Waals surface area contributed by atoms with Gasteiger partial charge in [0, 0.05) is 5.56 Å². The predicted octanol–water partition coefficient (Wildman–Crippen LogP) is 5.80. The smallest absolute Gasteiger partial charge is 0.329 e. The summed E-state index contributed by atoms with van der Waals surface area (Å²) >= 11 is 3.46. The molecule has 0 spiro atoms. The van der Waals surface area contributed by atoms with Crippen molar-refractivity contribution in [2.75, 3.05) is 6.61 Å². The molecule has 3 aromatic carbocycles. The lowest BCUT2D eigenvalue weighted by Crippen LogP contribution is -2.30. The SMILES string of the molecule is CCOc1cc(/C=C2/NC(=O)N(Cc3ccc(F)cc3)C2=O)cc(Br)c1OCc1ccccc1F. The number of nitrogens with one attached hydrogen (secondary N) is 1. The molecule has 0 atom stereocenters. The van der Waals surface area contributed by atoms with E-state index in [0.717, 1.165) is 4.90 Å². The molecule has 3 aromatic rings. The lowest BCUT2D eigenvalue weighted by Gasteiger charge is -2.15. The van der Waals surface area contributed by atoms with E-state index >= 15 is 0 Å². The van der Waals surface area contributed by atoms with E-state index in [1.807, 2.05) is 6.92 Å². The van der Waals surface area contributed by atoms with Gasteiger partial charge in [-0.2, -0.15) is 0 Å². The molecule has 0 bridgehead atoms. The number of carbonyl (C=O) groups excluding carboxylic acids is 2. The van der Waals surface area contributed by atoms with E-state index in [1.165, 1.54) is 36.4 Å². The summed E-state index contributed by atoms with van der Waals surface area (Å²) in [4.78, 5) is 26.3. The van der Waals surface area contributed by atoms with Crippen molar-refractivity contribution in [1.82, 2.24) is 10.2 Å². The number of ether oxygens (including phenoxy) is 2. The van der Waals surface area contributed by atoms with Crippen molar-refractivity contribution in [3.8, 4) is 11.5 Å². The number of rotatable bonds is 8. The van der Waals surface area contributed by atoms with Crippen LogP contribution in [-0.2, 0) is 17.9 Å². The van der Waals surface area contributed by atoms with Crippen molar-refractivity contribution < 1.29 is 27.8 Å². The Kier molecular flexibility index (Phi) is 7.45. The van der Waals surface area contributed by atoms with E-state index in [2.05, 4.69) is 21.2 Å². The maximum Gasteiger partial charge on any atom is 0.329 e. The topological polar surface area (TPSA) is 67.9 Å². The highest BCUT2D eigenvalue weighted by atomic mass is 79.9. The Morgan fingerprint density at radius 1 is 1.03 bits per heavy atom. The van der Waals surface area contributed by atoms with E-state index in [9.17, 15) is 18.4 Å². The van der Waals surface area contributed by atoms with E-state index in [4.69, 9.17) is 9.47 Å². The Bertz CT molecular complexity index is 1300. The second-order valence-corrected chi connectivity index (χ2v) is 8.50. The summed E-state index contributed by atoms with van der Waals surface area (Å²) in [5.41, 5.74) is 1.68. The first kappa shape index (κ1) is 24.4. The molecule has 6 nitrogen and oxygen atoms in total. The molecular formula is C26H21BrF2N2O4. The first-order valence-corrected chi connectivity index (χ1v) is 11.6. The molecule has 3 amide bonds. The molecular weight excluding hydrogens is 522 g/mol. The highest BCUT2D eigenvalue weighted by Gasteiger charge is 2.33. The molecule has 1 fully saturated rings. The van der Waals surface area contributed by atoms with Crippen LogP contribution >= 0.6 is 15.9 Å². The summed E-state index contributed by atoms with van der Waals surface area (Å²) in [6, 6.07) is 14.7. The Labute approximate surface area is 209 Å². The van der Waals surface area contributed by atoms with E-state index in [-0.39, 0.29) is 24.7 Å². The monoisotopic (exact) mass is 542 g/mol. The van der Waals surface area contributed by atoms with Gasteiger partial charge in [0.25, 0.3) is 5.91 Å². The molecule has 0 saturated carbocycles. The summed E-state index contributed by atoms with van der Waals surface area (Å²) in [5.74, 6) is -0.498. The van der Waals surface area contributed by atoms with Crippen molar-refractivity contribution in [2.45, 2.75) is 20.1 Å². The number of halogens is 3. The van der Waals surface area contributed by atoms with Crippen LogP contribution in [0.5, 0.6) is 11.5 Å². The summed E-state index contributed by atoms with van der Waals surface area (Å²) in [6.07, 6.45) is 1.53. The van der Waals surface area contributed by atoms with Gasteiger partial charge in [0.2, 0.25) is 0 Å². The molecule has 35 heavy (non-hydrogen) atoms. The third-order valence-corrected chi connectivity index (χ3v) is 5.78. The van der Waals surface area contributed by atoms with Gasteiger partial charge in [0.1, 0.15) is 23.9 Å². The van der Waals surface area contributed by atoms with Crippen molar-refractivity contribution in [2.24, 2.45) is 0 Å². The van der Waals surface area contributed by atoms with E-state index in [0.29, 0.717) is 39.3 Å². The fourth-order valence-electron chi connectivity index (χ4n) is 3.49. The number of nitrogens with zero attached hydrogens (tertiary/aromatic N) is 1. The number of urea groups is 1. The van der Waals surface area contributed by atoms with E-state index in [1.54, 1.807) is 30.3 Å². The lowest BCUT2D eigenvalue weighted by molar-refractivity contribution is -0.123. The van der Waals surface area contributed by atoms with Gasteiger partial charge < -0.3 is 14.8 Å². The van der Waals surface area contributed by atoms with Crippen molar-refractivity contribution in [3.63, 3.8) is 0 Å². The summed E-state index contributed by atoms with van der Waals surface area (Å²) < 4.78 is 39.2. The molecule has 9 heteroatoms. The number of benzene rings is 3. The minimum absolute atomic E-state index is 0.00132. The zero-order valence-corrected chi connectivity index (χ0v) is 20.3. The minimum atomic E-state index is -0.570. The highest BCUT2D eigenvalue weighted by Crippen LogP contribution is 2.38. The first-order chi connectivity index (χ1) is 16.9. The van der Waals surface area contributed by atoms with Gasteiger partial charge in [0.05, 0.1) is 17.6 Å². The van der Waals surface area contributed by atoms with Crippen LogP contribution in [0.2, 0.25) is 0 Å². The fraction of sp³-hybridized carbons (Fsp3) is 0.154. The maximum atomic E-state index is 14.0. The second-order valence-electron chi connectivity index (χ2n) is 7.65. The summed E-state index contributed by atoms with van der Waals surface area (Å²) in [5, 5.41) is 2.57. The zero-order chi connectivity index (χ0) is 24.9. The van der Waals surface area contributed by atoms with Gasteiger partial charge in [0.15, 0.2) is 11.5 Å². The predicted molar refractivity (Wildman–Crippen MR) is 130 cm³/mol. The molecule has 1 N–H and O–H groups in total. The first-order valence-electron chi connectivity index (χ1n) is 10.8. The number of imide groups is 1. The van der Waals surface area contributed by atoms with Crippen LogP contribution < -0.4 is 14.8 Å². The van der Waals surface area contributed by atoms with Crippen LogP contribution in [-0.4, -0.2) is 23.4 Å².